The van der Waals surface area contributed by atoms with Crippen LogP contribution in [-0.2, 0) is 9.57 Å². The van der Waals surface area contributed by atoms with Gasteiger partial charge in [-0.2, -0.15) is 0 Å². The smallest absolute Gasteiger partial charge is 0.125 e. The zero-order valence-electron chi connectivity index (χ0n) is 13.8. The van der Waals surface area contributed by atoms with Crippen LogP contribution in [0.1, 0.15) is 41.5 Å². The van der Waals surface area contributed by atoms with Gasteiger partial charge in [0.15, 0.2) is 0 Å². The number of nitrogens with two attached hydrogens (primary N) is 1. The molecule has 0 heterocycles. The maximum Gasteiger partial charge on any atom is 0.125 e. The third-order valence-electron chi connectivity index (χ3n) is 2.97. The Kier molecular flexibility index (Phi) is 6.85. The Morgan fingerprint density at radius 1 is 1.14 bits per heavy atom. The molecule has 0 aromatic carbocycles. The van der Waals surface area contributed by atoms with Crippen LogP contribution in [0, 0.1) is 10.4 Å². The molecule has 0 bridgehead atoms. The first-order chi connectivity index (χ1) is 9.31. The second kappa shape index (κ2) is 7.24. The molecular weight excluding hydrogens is 274 g/mol. The van der Waals surface area contributed by atoms with Crippen molar-refractivity contribution >= 4 is 0 Å². The first-order valence-corrected chi connectivity index (χ1v) is 6.65. The monoisotopic (exact) mass is 301 g/mol. The number of hydrogen-bond donors (Lipinski definition) is 1. The minimum absolute atomic E-state index is 0.0377. The van der Waals surface area contributed by atoms with Crippen molar-refractivity contribution in [2.45, 2.75) is 58.9 Å². The van der Waals surface area contributed by atoms with E-state index in [0.717, 1.165) is 0 Å². The zero-order valence-corrected chi connectivity index (χ0v) is 13.8. The summed E-state index contributed by atoms with van der Waals surface area (Å²) in [6.45, 7) is 16.8. The molecule has 124 valence electrons. The minimum Gasteiger partial charge on any atom is -0.757 e. The van der Waals surface area contributed by atoms with Crippen LogP contribution < -0.4 is 5.73 Å². The average molecular weight is 301 g/mol. The second-order valence-electron chi connectivity index (χ2n) is 6.08. The summed E-state index contributed by atoms with van der Waals surface area (Å²) in [6.07, 6.45) is 0. The van der Waals surface area contributed by atoms with Gasteiger partial charge in [0.1, 0.15) is 11.3 Å². The summed E-state index contributed by atoms with van der Waals surface area (Å²) in [4.78, 5) is 5.20. The molecule has 0 saturated heterocycles. The van der Waals surface area contributed by atoms with Gasteiger partial charge in [-0.25, -0.2) is 0 Å². The molecule has 0 fully saturated rings. The van der Waals surface area contributed by atoms with Gasteiger partial charge in [0.25, 0.3) is 0 Å². The number of allylic oxidation sites excluding steroid dienone is 2. The van der Waals surface area contributed by atoms with Crippen molar-refractivity contribution in [3.63, 3.8) is 0 Å². The predicted molar refractivity (Wildman–Crippen MR) is 83.2 cm³/mol. The zero-order chi connectivity index (χ0) is 17.0. The van der Waals surface area contributed by atoms with Crippen LogP contribution in [0.15, 0.2) is 24.6 Å². The Hall–Kier alpha value is -1.12. The minimum atomic E-state index is -1.11. The highest BCUT2D eigenvalue weighted by atomic mass is 16.9. The molecule has 0 spiro atoms. The van der Waals surface area contributed by atoms with E-state index in [2.05, 4.69) is 13.2 Å². The van der Waals surface area contributed by atoms with Gasteiger partial charge in [-0.1, -0.05) is 13.2 Å². The van der Waals surface area contributed by atoms with Gasteiger partial charge < -0.3 is 31.2 Å². The van der Waals surface area contributed by atoms with Crippen molar-refractivity contribution < 1.29 is 9.57 Å². The van der Waals surface area contributed by atoms with Crippen molar-refractivity contribution in [2.24, 2.45) is 5.73 Å². The van der Waals surface area contributed by atoms with Gasteiger partial charge in [-0.3, -0.25) is 4.84 Å². The number of hydroxylamine groups is 4. The maximum atomic E-state index is 11.8. The molecule has 0 radical (unpaired) electrons. The van der Waals surface area contributed by atoms with E-state index in [-0.39, 0.29) is 12.3 Å². The van der Waals surface area contributed by atoms with Gasteiger partial charge in [0.2, 0.25) is 0 Å². The van der Waals surface area contributed by atoms with Gasteiger partial charge in [0, 0.05) is 5.70 Å². The van der Waals surface area contributed by atoms with Gasteiger partial charge in [-0.15, -0.1) is 0 Å². The van der Waals surface area contributed by atoms with Crippen LogP contribution in [0.3, 0.4) is 0 Å². The highest BCUT2D eigenvalue weighted by molar-refractivity contribution is 4.95. The Bertz CT molecular complexity index is 382. The van der Waals surface area contributed by atoms with Gasteiger partial charge in [0.05, 0.1) is 12.6 Å². The van der Waals surface area contributed by atoms with Gasteiger partial charge in [-0.05, 0) is 47.2 Å². The lowest BCUT2D eigenvalue weighted by Crippen LogP contribution is -2.53. The topological polar surface area (TPSA) is 97.1 Å². The molecule has 0 aliphatic rings. The van der Waals surface area contributed by atoms with E-state index in [4.69, 9.17) is 15.3 Å². The Balaban J connectivity index is 4.64. The van der Waals surface area contributed by atoms with E-state index in [9.17, 15) is 10.4 Å². The Morgan fingerprint density at radius 3 is 2.00 bits per heavy atom. The largest absolute Gasteiger partial charge is 0.757 e. The maximum absolute atomic E-state index is 11.8. The third kappa shape index (κ3) is 6.03. The van der Waals surface area contributed by atoms with E-state index in [0.29, 0.717) is 16.0 Å². The molecule has 21 heavy (non-hydrogen) atoms. The fourth-order valence-electron chi connectivity index (χ4n) is 1.37. The van der Waals surface area contributed by atoms with E-state index in [1.807, 2.05) is 0 Å². The summed E-state index contributed by atoms with van der Waals surface area (Å²) < 4.78 is 5.55. The van der Waals surface area contributed by atoms with Crippen LogP contribution in [0.2, 0.25) is 0 Å². The van der Waals surface area contributed by atoms with Crippen molar-refractivity contribution in [3.05, 3.63) is 35.0 Å². The molecule has 0 aliphatic heterocycles. The normalized spacial score (nSPS) is 13.8. The molecule has 7 nitrogen and oxygen atoms in total. The first kappa shape index (κ1) is 19.9. The van der Waals surface area contributed by atoms with Crippen LogP contribution in [-0.4, -0.2) is 34.3 Å². The standard InChI is InChI=1S/C14H27N3O4/c1-10(2)16(18)14(7,8)20-9-12(15)13(5,6)21-17(19)11(3)4/h12H,1,3,9,15H2,2,4-8H3/q-2. The van der Waals surface area contributed by atoms with Crippen molar-refractivity contribution in [3.8, 4) is 0 Å². The molecule has 1 unspecified atom stereocenters. The van der Waals surface area contributed by atoms with E-state index >= 15 is 0 Å². The number of ether oxygens (including phenoxy) is 1. The summed E-state index contributed by atoms with van der Waals surface area (Å²) in [5, 5.41) is 24.3. The van der Waals surface area contributed by atoms with Gasteiger partial charge >= 0.3 is 0 Å². The molecule has 0 aromatic heterocycles. The van der Waals surface area contributed by atoms with E-state index in [1.165, 1.54) is 6.92 Å². The first-order valence-electron chi connectivity index (χ1n) is 6.65. The number of nitrogens with zero attached hydrogens (tertiary/aromatic N) is 2. The molecule has 0 amide bonds. The average Bonchev–Trinajstić information content (AvgIpc) is 2.33. The molecule has 0 aliphatic carbocycles. The lowest BCUT2D eigenvalue weighted by Gasteiger charge is -2.47. The van der Waals surface area contributed by atoms with Crippen LogP contribution in [0.4, 0.5) is 0 Å². The van der Waals surface area contributed by atoms with Crippen LogP contribution in [0.5, 0.6) is 0 Å². The summed E-state index contributed by atoms with van der Waals surface area (Å²) in [5.41, 5.74) is 4.45. The summed E-state index contributed by atoms with van der Waals surface area (Å²) in [5.74, 6) is 0. The number of hydrogen-bond acceptors (Lipinski definition) is 7. The lowest BCUT2D eigenvalue weighted by molar-refractivity contribution is -0.207. The predicted octanol–water partition coefficient (Wildman–Crippen LogP) is 2.44. The fourth-order valence-corrected chi connectivity index (χ4v) is 1.37. The second-order valence-corrected chi connectivity index (χ2v) is 6.08. The summed E-state index contributed by atoms with van der Waals surface area (Å²) in [7, 11) is 0. The van der Waals surface area contributed by atoms with Crippen molar-refractivity contribution in [2.75, 3.05) is 6.61 Å². The highest BCUT2D eigenvalue weighted by Crippen LogP contribution is 2.22. The highest BCUT2D eigenvalue weighted by Gasteiger charge is 2.31. The molecule has 7 heteroatoms. The molecule has 1 atom stereocenters. The van der Waals surface area contributed by atoms with Crippen molar-refractivity contribution in [1.29, 1.82) is 0 Å². The van der Waals surface area contributed by atoms with Crippen molar-refractivity contribution in [1.82, 2.24) is 10.3 Å². The van der Waals surface area contributed by atoms with Crippen LogP contribution in [0.25, 0.3) is 0 Å². The third-order valence-corrected chi connectivity index (χ3v) is 2.97. The lowest BCUT2D eigenvalue weighted by atomic mass is 10.0. The summed E-state index contributed by atoms with van der Waals surface area (Å²) >= 11 is 0. The summed E-state index contributed by atoms with van der Waals surface area (Å²) in [6, 6.07) is -0.619. The van der Waals surface area contributed by atoms with E-state index in [1.54, 1.807) is 34.6 Å². The number of rotatable bonds is 9. The SMILES string of the molecule is C=C(C)N([O-])OC(C)(C)C(N)COC(C)(C)N([O-])C(=C)C. The van der Waals surface area contributed by atoms with Crippen LogP contribution >= 0.6 is 0 Å². The Morgan fingerprint density at radius 2 is 1.62 bits per heavy atom. The molecule has 0 saturated carbocycles. The van der Waals surface area contributed by atoms with E-state index < -0.39 is 17.4 Å². The fraction of sp³-hybridized carbons (Fsp3) is 0.714. The quantitative estimate of drug-likeness (QED) is 0.516. The molecule has 0 aromatic rings. The molecule has 2 N–H and O–H groups in total. The molecule has 0 rings (SSSR count). The molecular formula is C14H27N3O4-2. The Labute approximate surface area is 127 Å².